The number of ether oxygens (including phenoxy) is 1. The van der Waals surface area contributed by atoms with Gasteiger partial charge in [0, 0.05) is 64.6 Å². The smallest absolute Gasteiger partial charge is 0.426 e. The predicted molar refractivity (Wildman–Crippen MR) is 126 cm³/mol. The third-order valence-corrected chi connectivity index (χ3v) is 8.80. The number of carbonyl (C=O) groups is 1. The Bertz CT molecular complexity index is 1110. The molecule has 8 nitrogen and oxygen atoms in total. The topological polar surface area (TPSA) is 73.4 Å². The Morgan fingerprint density at radius 2 is 1.53 bits per heavy atom. The number of carbonyl (C=O) groups excluding carboxylic acids is 1. The Morgan fingerprint density at radius 1 is 0.974 bits per heavy atom. The van der Waals surface area contributed by atoms with Gasteiger partial charge in [0.25, 0.3) is 6.10 Å². The normalized spacial score (nSPS) is 23.8. The van der Waals surface area contributed by atoms with Gasteiger partial charge >= 0.3 is 18.4 Å². The summed E-state index contributed by atoms with van der Waals surface area (Å²) in [5.74, 6) is -0.157. The Kier molecular flexibility index (Phi) is 7.85. The van der Waals surface area contributed by atoms with E-state index < -0.39 is 34.6 Å². The number of amides is 1. The molecule has 3 fully saturated rings. The number of sulfonamides is 1. The first-order valence-corrected chi connectivity index (χ1v) is 14.0. The monoisotopic (exact) mass is 572 g/mol. The molecule has 0 N–H and O–H groups in total. The lowest BCUT2D eigenvalue weighted by Gasteiger charge is -2.36. The number of piperazine rings is 1. The lowest BCUT2D eigenvalue weighted by molar-refractivity contribution is -0.308. The summed E-state index contributed by atoms with van der Waals surface area (Å²) in [5, 5.41) is 0. The van der Waals surface area contributed by atoms with Gasteiger partial charge in [-0.3, -0.25) is 4.90 Å². The van der Waals surface area contributed by atoms with Gasteiger partial charge in [-0.15, -0.1) is 0 Å². The number of hydrogen-bond acceptors (Lipinski definition) is 6. The molecular weight excluding hydrogens is 542 g/mol. The van der Waals surface area contributed by atoms with Crippen molar-refractivity contribution >= 4 is 21.8 Å². The lowest BCUT2D eigenvalue weighted by Crippen LogP contribution is -2.48. The van der Waals surface area contributed by atoms with Gasteiger partial charge in [-0.2, -0.15) is 30.6 Å². The van der Waals surface area contributed by atoms with Gasteiger partial charge in [0.2, 0.25) is 10.0 Å². The third-order valence-electron chi connectivity index (χ3n) is 7.49. The van der Waals surface area contributed by atoms with Crippen molar-refractivity contribution in [1.82, 2.24) is 14.1 Å². The number of alkyl halides is 6. The Hall–Kier alpha value is -2.26. The summed E-state index contributed by atoms with van der Waals surface area (Å²) >= 11 is 0. The minimum Gasteiger partial charge on any atom is -0.426 e. The van der Waals surface area contributed by atoms with Gasteiger partial charge in [0.15, 0.2) is 0 Å². The molecule has 0 saturated carbocycles. The predicted octanol–water partition coefficient (Wildman–Crippen LogP) is 3.07. The van der Waals surface area contributed by atoms with Gasteiger partial charge in [-0.05, 0) is 36.0 Å². The van der Waals surface area contributed by atoms with Crippen molar-refractivity contribution in [2.24, 2.45) is 11.8 Å². The van der Waals surface area contributed by atoms with E-state index in [1.165, 1.54) is 10.6 Å². The minimum absolute atomic E-state index is 0.0338. The van der Waals surface area contributed by atoms with E-state index >= 15 is 0 Å². The molecule has 2 unspecified atom stereocenters. The summed E-state index contributed by atoms with van der Waals surface area (Å²) in [6.07, 6.45) is -16.0. The molecule has 1 amide bonds. The first-order chi connectivity index (χ1) is 17.5. The molecule has 3 heterocycles. The van der Waals surface area contributed by atoms with Crippen molar-refractivity contribution in [2.45, 2.75) is 31.9 Å². The van der Waals surface area contributed by atoms with Crippen molar-refractivity contribution in [2.75, 3.05) is 63.5 Å². The quantitative estimate of drug-likeness (QED) is 0.506. The van der Waals surface area contributed by atoms with Crippen LogP contribution in [0.15, 0.2) is 18.2 Å². The van der Waals surface area contributed by atoms with E-state index in [0.717, 1.165) is 21.7 Å². The van der Waals surface area contributed by atoms with Crippen LogP contribution in [0.1, 0.15) is 11.1 Å². The van der Waals surface area contributed by atoms with Crippen molar-refractivity contribution in [3.8, 4) is 0 Å². The molecule has 0 radical (unpaired) electrons. The number of benzene rings is 1. The van der Waals surface area contributed by atoms with E-state index in [1.54, 1.807) is 0 Å². The molecule has 4 rings (SSSR count). The molecule has 2 atom stereocenters. The van der Waals surface area contributed by atoms with Crippen LogP contribution in [0.5, 0.6) is 0 Å². The van der Waals surface area contributed by atoms with E-state index in [-0.39, 0.29) is 24.9 Å². The van der Waals surface area contributed by atoms with Gasteiger partial charge in [-0.25, -0.2) is 13.2 Å². The lowest BCUT2D eigenvalue weighted by atomic mass is 10.0. The number of rotatable bonds is 5. The zero-order valence-electron chi connectivity index (χ0n) is 20.9. The number of anilines is 1. The SMILES string of the molecule is Cc1c(CN2CC3CN(C(=O)OC(C(F)(F)F)C(F)(F)F)CC3C2)cccc1N1CCN(S(C)(=O)=O)CC1. The number of fused-ring (bicyclic) bond motifs is 1. The molecular formula is C23H30F6N4O4S. The third kappa shape index (κ3) is 6.30. The van der Waals surface area contributed by atoms with Crippen LogP contribution in [-0.2, 0) is 21.3 Å². The van der Waals surface area contributed by atoms with Gasteiger partial charge < -0.3 is 14.5 Å². The maximum Gasteiger partial charge on any atom is 0.434 e. The van der Waals surface area contributed by atoms with Crippen LogP contribution in [0.25, 0.3) is 0 Å². The van der Waals surface area contributed by atoms with Gasteiger partial charge in [-0.1, -0.05) is 12.1 Å². The van der Waals surface area contributed by atoms with E-state index in [2.05, 4.69) is 14.5 Å². The molecule has 0 aliphatic carbocycles. The molecule has 3 aliphatic heterocycles. The van der Waals surface area contributed by atoms with Gasteiger partial charge in [0.1, 0.15) is 0 Å². The molecule has 0 aromatic heterocycles. The van der Waals surface area contributed by atoms with Crippen molar-refractivity contribution in [1.29, 1.82) is 0 Å². The Morgan fingerprint density at radius 3 is 2.03 bits per heavy atom. The summed E-state index contributed by atoms with van der Waals surface area (Å²) in [4.78, 5) is 17.4. The summed E-state index contributed by atoms with van der Waals surface area (Å²) in [7, 11) is -3.23. The molecule has 1 aromatic carbocycles. The fourth-order valence-corrected chi connectivity index (χ4v) is 6.37. The van der Waals surface area contributed by atoms with Crippen LogP contribution in [0.4, 0.5) is 36.8 Å². The van der Waals surface area contributed by atoms with Crippen molar-refractivity contribution in [3.05, 3.63) is 29.3 Å². The highest BCUT2D eigenvalue weighted by Gasteiger charge is 2.60. The highest BCUT2D eigenvalue weighted by molar-refractivity contribution is 7.88. The summed E-state index contributed by atoms with van der Waals surface area (Å²) in [6.45, 7) is 5.72. The molecule has 3 aliphatic rings. The summed E-state index contributed by atoms with van der Waals surface area (Å²) in [5.41, 5.74) is 3.16. The highest BCUT2D eigenvalue weighted by Crippen LogP contribution is 2.38. The first-order valence-electron chi connectivity index (χ1n) is 12.1. The molecule has 0 spiro atoms. The maximum atomic E-state index is 12.7. The van der Waals surface area contributed by atoms with Crippen LogP contribution < -0.4 is 4.90 Å². The molecule has 15 heteroatoms. The zero-order valence-corrected chi connectivity index (χ0v) is 21.7. The molecule has 214 valence electrons. The van der Waals surface area contributed by atoms with E-state index in [0.29, 0.717) is 45.8 Å². The van der Waals surface area contributed by atoms with Crippen LogP contribution in [-0.4, -0.2) is 106 Å². The second-order valence-electron chi connectivity index (χ2n) is 10.2. The molecule has 3 saturated heterocycles. The number of hydrogen-bond donors (Lipinski definition) is 0. The Labute approximate surface area is 217 Å². The number of likely N-dealkylation sites (tertiary alicyclic amines) is 2. The fraction of sp³-hybridized carbons (Fsp3) is 0.696. The van der Waals surface area contributed by atoms with Crippen LogP contribution in [0.2, 0.25) is 0 Å². The van der Waals surface area contributed by atoms with Gasteiger partial charge in [0.05, 0.1) is 6.26 Å². The molecule has 1 aromatic rings. The minimum atomic E-state index is -5.74. The van der Waals surface area contributed by atoms with Crippen molar-refractivity contribution < 1.29 is 44.3 Å². The number of halogens is 6. The standard InChI is InChI=1S/C23H30F6N4O4S/c1-15-16(4-3-5-19(15)31-6-8-33(9-7-31)38(2,35)36)10-30-11-17-13-32(14-18(17)12-30)21(34)37-20(22(24,25)26)23(27,28)29/h3-5,17-18,20H,6-14H2,1-2H3. The molecule has 38 heavy (non-hydrogen) atoms. The molecule has 0 bridgehead atoms. The van der Waals surface area contributed by atoms with Crippen LogP contribution in [0, 0.1) is 18.8 Å². The number of nitrogens with zero attached hydrogens (tertiary/aromatic N) is 4. The first kappa shape index (κ1) is 28.7. The van der Waals surface area contributed by atoms with E-state index in [4.69, 9.17) is 0 Å². The average Bonchev–Trinajstić information content (AvgIpc) is 3.35. The zero-order chi connectivity index (χ0) is 28.0. The largest absolute Gasteiger partial charge is 0.434 e. The Balaban J connectivity index is 1.33. The van der Waals surface area contributed by atoms with E-state index in [9.17, 15) is 39.6 Å². The van der Waals surface area contributed by atoms with Crippen molar-refractivity contribution in [3.63, 3.8) is 0 Å². The van der Waals surface area contributed by atoms with Crippen LogP contribution >= 0.6 is 0 Å². The van der Waals surface area contributed by atoms with E-state index in [1.807, 2.05) is 25.1 Å². The maximum absolute atomic E-state index is 12.7. The summed E-state index contributed by atoms with van der Waals surface area (Å²) < 4.78 is 105. The second kappa shape index (κ2) is 10.4. The van der Waals surface area contributed by atoms with Crippen LogP contribution in [0.3, 0.4) is 0 Å². The second-order valence-corrected chi connectivity index (χ2v) is 12.2. The fourth-order valence-electron chi connectivity index (χ4n) is 5.55. The average molecular weight is 573 g/mol. The highest BCUT2D eigenvalue weighted by atomic mass is 32.2. The summed E-state index contributed by atoms with van der Waals surface area (Å²) in [6, 6.07) is 5.93.